The molecular formula is C14H17NO4. The van der Waals surface area contributed by atoms with Gasteiger partial charge in [0.15, 0.2) is 11.5 Å². The molecule has 2 aliphatic rings. The molecule has 3 rings (SSSR count). The summed E-state index contributed by atoms with van der Waals surface area (Å²) in [6.45, 7) is 1.16. The van der Waals surface area contributed by atoms with E-state index >= 15 is 0 Å². The first-order chi connectivity index (χ1) is 9.24. The second-order valence-corrected chi connectivity index (χ2v) is 4.98. The lowest BCUT2D eigenvalue weighted by atomic mass is 9.98. The zero-order chi connectivity index (χ0) is 13.2. The van der Waals surface area contributed by atoms with Gasteiger partial charge in [-0.15, -0.1) is 0 Å². The first kappa shape index (κ1) is 12.1. The fraction of sp³-hybridized carbons (Fsp3) is 0.500. The minimum atomic E-state index is -0.738. The molecule has 0 aromatic heterocycles. The molecule has 0 amide bonds. The number of carbonyl (C=O) groups is 1. The maximum Gasteiger partial charge on any atom is 0.305 e. The molecule has 5 heteroatoms. The van der Waals surface area contributed by atoms with Crippen LogP contribution >= 0.6 is 0 Å². The Labute approximate surface area is 111 Å². The Bertz CT molecular complexity index is 488. The molecule has 1 fully saturated rings. The van der Waals surface area contributed by atoms with Crippen molar-refractivity contribution in [1.82, 2.24) is 0 Å². The van der Waals surface area contributed by atoms with E-state index in [1.165, 1.54) is 0 Å². The molecule has 0 radical (unpaired) electrons. The molecule has 0 saturated carbocycles. The van der Waals surface area contributed by atoms with E-state index in [1.807, 2.05) is 18.2 Å². The van der Waals surface area contributed by atoms with Crippen molar-refractivity contribution in [2.75, 3.05) is 18.2 Å². The van der Waals surface area contributed by atoms with Gasteiger partial charge in [-0.25, -0.2) is 0 Å². The van der Waals surface area contributed by atoms with Gasteiger partial charge in [-0.2, -0.15) is 0 Å². The van der Waals surface area contributed by atoms with Crippen LogP contribution in [0.15, 0.2) is 18.2 Å². The maximum absolute atomic E-state index is 11.0. The summed E-state index contributed by atoms with van der Waals surface area (Å²) in [7, 11) is 0. The van der Waals surface area contributed by atoms with Gasteiger partial charge in [0.2, 0.25) is 6.79 Å². The van der Waals surface area contributed by atoms with Crippen LogP contribution in [0.3, 0.4) is 0 Å². The monoisotopic (exact) mass is 263 g/mol. The highest BCUT2D eigenvalue weighted by molar-refractivity contribution is 5.69. The Morgan fingerprint density at radius 3 is 3.00 bits per heavy atom. The first-order valence-corrected chi connectivity index (χ1v) is 6.62. The summed E-state index contributed by atoms with van der Waals surface area (Å²) < 4.78 is 10.7. The van der Waals surface area contributed by atoms with Crippen molar-refractivity contribution in [3.8, 4) is 11.5 Å². The Morgan fingerprint density at radius 2 is 2.16 bits per heavy atom. The summed E-state index contributed by atoms with van der Waals surface area (Å²) in [6.07, 6.45) is 3.32. The predicted octanol–water partition coefficient (Wildman–Crippen LogP) is 2.25. The zero-order valence-electron chi connectivity index (χ0n) is 10.7. The summed E-state index contributed by atoms with van der Waals surface area (Å²) in [5.74, 6) is 0.769. The number of benzene rings is 1. The van der Waals surface area contributed by atoms with E-state index in [2.05, 4.69) is 4.90 Å². The average molecular weight is 263 g/mol. The minimum Gasteiger partial charge on any atom is -0.481 e. The highest BCUT2D eigenvalue weighted by Gasteiger charge is 2.26. The van der Waals surface area contributed by atoms with Crippen molar-refractivity contribution < 1.29 is 19.4 Å². The number of carboxylic acid groups (broad SMARTS) is 1. The zero-order valence-corrected chi connectivity index (χ0v) is 10.7. The lowest BCUT2D eigenvalue weighted by Gasteiger charge is -2.37. The van der Waals surface area contributed by atoms with Crippen molar-refractivity contribution in [2.45, 2.75) is 31.7 Å². The molecule has 2 aliphatic heterocycles. The Kier molecular flexibility index (Phi) is 3.19. The average Bonchev–Trinajstić information content (AvgIpc) is 2.86. The lowest BCUT2D eigenvalue weighted by Crippen LogP contribution is -2.40. The SMILES string of the molecule is O=C(O)CC1CCCCN1c1ccc2c(c1)OCO2. The van der Waals surface area contributed by atoms with Gasteiger partial charge in [-0.3, -0.25) is 4.79 Å². The van der Waals surface area contributed by atoms with Gasteiger partial charge in [0.05, 0.1) is 6.42 Å². The predicted molar refractivity (Wildman–Crippen MR) is 69.8 cm³/mol. The quantitative estimate of drug-likeness (QED) is 0.906. The topological polar surface area (TPSA) is 59.0 Å². The third kappa shape index (κ3) is 2.45. The maximum atomic E-state index is 11.0. The number of piperidine rings is 1. The Morgan fingerprint density at radius 1 is 1.32 bits per heavy atom. The number of aliphatic carboxylic acids is 1. The molecule has 1 N–H and O–H groups in total. The molecule has 1 unspecified atom stereocenters. The fourth-order valence-corrected chi connectivity index (χ4v) is 2.82. The van der Waals surface area contributed by atoms with E-state index in [1.54, 1.807) is 0 Å². The van der Waals surface area contributed by atoms with Gasteiger partial charge in [0.25, 0.3) is 0 Å². The van der Waals surface area contributed by atoms with Gasteiger partial charge in [0.1, 0.15) is 0 Å². The summed E-state index contributed by atoms with van der Waals surface area (Å²) in [5.41, 5.74) is 1.02. The van der Waals surface area contributed by atoms with Gasteiger partial charge in [-0.1, -0.05) is 0 Å². The van der Waals surface area contributed by atoms with Crippen molar-refractivity contribution in [1.29, 1.82) is 0 Å². The molecule has 1 aromatic carbocycles. The van der Waals surface area contributed by atoms with E-state index in [-0.39, 0.29) is 19.3 Å². The van der Waals surface area contributed by atoms with E-state index in [4.69, 9.17) is 14.6 Å². The molecule has 5 nitrogen and oxygen atoms in total. The summed E-state index contributed by atoms with van der Waals surface area (Å²) in [6, 6.07) is 5.90. The largest absolute Gasteiger partial charge is 0.481 e. The van der Waals surface area contributed by atoms with Crippen molar-refractivity contribution in [3.05, 3.63) is 18.2 Å². The molecule has 0 aliphatic carbocycles. The van der Waals surface area contributed by atoms with E-state index in [0.717, 1.165) is 43.0 Å². The summed E-state index contributed by atoms with van der Waals surface area (Å²) >= 11 is 0. The molecule has 2 heterocycles. The van der Waals surface area contributed by atoms with Crippen LogP contribution in [0.5, 0.6) is 11.5 Å². The molecule has 0 bridgehead atoms. The smallest absolute Gasteiger partial charge is 0.305 e. The third-order valence-electron chi connectivity index (χ3n) is 3.73. The Hall–Kier alpha value is -1.91. The number of rotatable bonds is 3. The van der Waals surface area contributed by atoms with Crippen LogP contribution in [0, 0.1) is 0 Å². The second kappa shape index (κ2) is 4.99. The molecule has 19 heavy (non-hydrogen) atoms. The van der Waals surface area contributed by atoms with Crippen LogP contribution in [0.2, 0.25) is 0 Å². The number of hydrogen-bond acceptors (Lipinski definition) is 4. The summed E-state index contributed by atoms with van der Waals surface area (Å²) in [4.78, 5) is 13.1. The van der Waals surface area contributed by atoms with Crippen LogP contribution in [0.25, 0.3) is 0 Å². The number of nitrogens with zero attached hydrogens (tertiary/aromatic N) is 1. The van der Waals surface area contributed by atoms with Crippen molar-refractivity contribution >= 4 is 11.7 Å². The Balaban J connectivity index is 1.83. The van der Waals surface area contributed by atoms with Gasteiger partial charge < -0.3 is 19.5 Å². The van der Waals surface area contributed by atoms with Crippen LogP contribution < -0.4 is 14.4 Å². The van der Waals surface area contributed by atoms with Crippen molar-refractivity contribution in [2.24, 2.45) is 0 Å². The standard InChI is InChI=1S/C14H17NO4/c16-14(17)8-10-3-1-2-6-15(10)11-4-5-12-13(7-11)19-9-18-12/h4-5,7,10H,1-3,6,8-9H2,(H,16,17). The molecular weight excluding hydrogens is 246 g/mol. The molecule has 102 valence electrons. The van der Waals surface area contributed by atoms with Crippen LogP contribution in [-0.4, -0.2) is 30.5 Å². The number of ether oxygens (including phenoxy) is 2. The number of hydrogen-bond donors (Lipinski definition) is 1. The highest BCUT2D eigenvalue weighted by Crippen LogP contribution is 2.37. The van der Waals surface area contributed by atoms with Crippen LogP contribution in [0.1, 0.15) is 25.7 Å². The fourth-order valence-electron chi connectivity index (χ4n) is 2.82. The van der Waals surface area contributed by atoms with E-state index < -0.39 is 5.97 Å². The number of anilines is 1. The molecule has 1 saturated heterocycles. The lowest BCUT2D eigenvalue weighted by molar-refractivity contribution is -0.137. The first-order valence-electron chi connectivity index (χ1n) is 6.62. The highest BCUT2D eigenvalue weighted by atomic mass is 16.7. The van der Waals surface area contributed by atoms with Crippen LogP contribution in [0.4, 0.5) is 5.69 Å². The van der Waals surface area contributed by atoms with E-state index in [9.17, 15) is 4.79 Å². The number of fused-ring (bicyclic) bond motifs is 1. The van der Waals surface area contributed by atoms with E-state index in [0.29, 0.717) is 0 Å². The van der Waals surface area contributed by atoms with Gasteiger partial charge in [-0.05, 0) is 31.4 Å². The van der Waals surface area contributed by atoms with Gasteiger partial charge in [0, 0.05) is 24.3 Å². The second-order valence-electron chi connectivity index (χ2n) is 4.98. The molecule has 0 spiro atoms. The van der Waals surface area contributed by atoms with Crippen LogP contribution in [-0.2, 0) is 4.79 Å². The number of carboxylic acids is 1. The van der Waals surface area contributed by atoms with Crippen molar-refractivity contribution in [3.63, 3.8) is 0 Å². The third-order valence-corrected chi connectivity index (χ3v) is 3.73. The van der Waals surface area contributed by atoms with Gasteiger partial charge >= 0.3 is 5.97 Å². The summed E-state index contributed by atoms with van der Waals surface area (Å²) in [5, 5.41) is 9.01. The minimum absolute atomic E-state index is 0.0756. The molecule has 1 atom stereocenters. The normalized spacial score (nSPS) is 21.5. The molecule has 1 aromatic rings.